The molecule has 5 nitrogen and oxygen atoms in total. The van der Waals surface area contributed by atoms with Crippen molar-refractivity contribution in [2.24, 2.45) is 5.92 Å². The molecule has 2 amide bonds. The van der Waals surface area contributed by atoms with Crippen molar-refractivity contribution in [2.45, 2.75) is 20.4 Å². The standard InChI is InChI=1S/C22H21N3O2/c1-15(2)14-25-19-11-7-6-10-17(19)20(22(25)27)18(12-23)21(26)24-13-16-8-4-3-5-9-16/h3-11,15H,13-14H2,1-2H3,(H,24,26). The molecule has 2 aromatic carbocycles. The molecule has 0 unspecified atom stereocenters. The van der Waals surface area contributed by atoms with Gasteiger partial charge in [0.1, 0.15) is 11.6 Å². The second kappa shape index (κ2) is 7.88. The van der Waals surface area contributed by atoms with Gasteiger partial charge in [-0.2, -0.15) is 5.26 Å². The summed E-state index contributed by atoms with van der Waals surface area (Å²) < 4.78 is 0. The smallest absolute Gasteiger partial charge is 0.263 e. The molecule has 0 aromatic heterocycles. The van der Waals surface area contributed by atoms with Crippen molar-refractivity contribution in [1.29, 1.82) is 5.26 Å². The first-order valence-electron chi connectivity index (χ1n) is 8.90. The fraction of sp³-hybridized carbons (Fsp3) is 0.227. The molecular weight excluding hydrogens is 338 g/mol. The lowest BCUT2D eigenvalue weighted by atomic mass is 10.0. The number of hydrogen-bond donors (Lipinski definition) is 1. The van der Waals surface area contributed by atoms with Gasteiger partial charge in [-0.05, 0) is 17.5 Å². The maximum atomic E-state index is 13.0. The van der Waals surface area contributed by atoms with Gasteiger partial charge in [0.05, 0.1) is 11.3 Å². The highest BCUT2D eigenvalue weighted by Gasteiger charge is 2.36. The van der Waals surface area contributed by atoms with Crippen molar-refractivity contribution in [3.05, 3.63) is 71.3 Å². The fourth-order valence-corrected chi connectivity index (χ4v) is 3.15. The number of rotatable bonds is 5. The Morgan fingerprint density at radius 3 is 2.44 bits per heavy atom. The van der Waals surface area contributed by atoms with Gasteiger partial charge < -0.3 is 10.2 Å². The largest absolute Gasteiger partial charge is 0.347 e. The third-order valence-corrected chi connectivity index (χ3v) is 4.36. The van der Waals surface area contributed by atoms with Crippen LogP contribution in [0.1, 0.15) is 25.0 Å². The van der Waals surface area contributed by atoms with Gasteiger partial charge in [0.25, 0.3) is 11.8 Å². The minimum Gasteiger partial charge on any atom is -0.347 e. The van der Waals surface area contributed by atoms with Crippen molar-refractivity contribution in [3.8, 4) is 6.07 Å². The van der Waals surface area contributed by atoms with Crippen molar-refractivity contribution < 1.29 is 9.59 Å². The van der Waals surface area contributed by atoms with Crippen LogP contribution in [0.15, 0.2) is 60.2 Å². The monoisotopic (exact) mass is 359 g/mol. The first kappa shape index (κ1) is 18.4. The van der Waals surface area contributed by atoms with Crippen LogP contribution in [0.5, 0.6) is 0 Å². The van der Waals surface area contributed by atoms with E-state index in [-0.39, 0.29) is 23.0 Å². The van der Waals surface area contributed by atoms with Gasteiger partial charge in [-0.15, -0.1) is 0 Å². The number of nitrogens with one attached hydrogen (secondary N) is 1. The Hall–Kier alpha value is -3.39. The molecule has 0 radical (unpaired) electrons. The molecule has 136 valence electrons. The Labute approximate surface area is 158 Å². The lowest BCUT2D eigenvalue weighted by Crippen LogP contribution is -2.31. The highest BCUT2D eigenvalue weighted by molar-refractivity contribution is 6.37. The Morgan fingerprint density at radius 1 is 1.11 bits per heavy atom. The quantitative estimate of drug-likeness (QED) is 0.658. The van der Waals surface area contributed by atoms with Crippen LogP contribution in [0.2, 0.25) is 0 Å². The molecule has 3 rings (SSSR count). The summed E-state index contributed by atoms with van der Waals surface area (Å²) >= 11 is 0. The zero-order chi connectivity index (χ0) is 19.4. The van der Waals surface area contributed by atoms with Crippen LogP contribution in [-0.2, 0) is 16.1 Å². The van der Waals surface area contributed by atoms with E-state index in [9.17, 15) is 14.9 Å². The number of benzene rings is 2. The molecule has 0 fully saturated rings. The summed E-state index contributed by atoms with van der Waals surface area (Å²) in [6.07, 6.45) is 0. The average Bonchev–Trinajstić information content (AvgIpc) is 2.94. The number of nitrogens with zero attached hydrogens (tertiary/aromatic N) is 2. The summed E-state index contributed by atoms with van der Waals surface area (Å²) in [6.45, 7) is 4.87. The molecule has 0 bridgehead atoms. The summed E-state index contributed by atoms with van der Waals surface area (Å²) in [4.78, 5) is 27.3. The molecule has 1 heterocycles. The summed E-state index contributed by atoms with van der Waals surface area (Å²) in [5.74, 6) is -0.569. The second-order valence-corrected chi connectivity index (χ2v) is 6.86. The number of para-hydroxylation sites is 1. The van der Waals surface area contributed by atoms with Gasteiger partial charge >= 0.3 is 0 Å². The molecule has 1 N–H and O–H groups in total. The maximum absolute atomic E-state index is 13.0. The summed E-state index contributed by atoms with van der Waals surface area (Å²) in [6, 6.07) is 18.7. The first-order chi connectivity index (χ1) is 13.0. The minimum absolute atomic E-state index is 0.144. The third kappa shape index (κ3) is 3.75. The number of carbonyl (C=O) groups excluding carboxylic acids is 2. The topological polar surface area (TPSA) is 73.2 Å². The van der Waals surface area contributed by atoms with Gasteiger partial charge in [0, 0.05) is 18.7 Å². The van der Waals surface area contributed by atoms with E-state index in [1.807, 2.05) is 68.4 Å². The molecule has 0 aliphatic carbocycles. The number of hydrogen-bond acceptors (Lipinski definition) is 3. The Balaban J connectivity index is 1.95. The van der Waals surface area contributed by atoms with Gasteiger partial charge in [0.15, 0.2) is 0 Å². The van der Waals surface area contributed by atoms with Gasteiger partial charge in [-0.3, -0.25) is 9.59 Å². The normalized spacial score (nSPS) is 14.7. The Morgan fingerprint density at radius 2 is 1.78 bits per heavy atom. The molecule has 0 saturated heterocycles. The molecule has 5 heteroatoms. The number of amides is 2. The predicted molar refractivity (Wildman–Crippen MR) is 104 cm³/mol. The molecule has 1 aliphatic heterocycles. The van der Waals surface area contributed by atoms with E-state index in [1.165, 1.54) is 0 Å². The van der Waals surface area contributed by atoms with Crippen molar-refractivity contribution in [2.75, 3.05) is 11.4 Å². The van der Waals surface area contributed by atoms with E-state index in [1.54, 1.807) is 11.0 Å². The number of anilines is 1. The highest BCUT2D eigenvalue weighted by Crippen LogP contribution is 2.38. The van der Waals surface area contributed by atoms with Gasteiger partial charge in [-0.1, -0.05) is 62.4 Å². The van der Waals surface area contributed by atoms with Crippen molar-refractivity contribution >= 4 is 23.1 Å². The summed E-state index contributed by atoms with van der Waals surface area (Å²) in [7, 11) is 0. The third-order valence-electron chi connectivity index (χ3n) is 4.36. The number of carbonyl (C=O) groups is 2. The zero-order valence-electron chi connectivity index (χ0n) is 15.4. The average molecular weight is 359 g/mol. The number of nitriles is 1. The van der Waals surface area contributed by atoms with Gasteiger partial charge in [-0.25, -0.2) is 0 Å². The van der Waals surface area contributed by atoms with Crippen LogP contribution in [0.4, 0.5) is 5.69 Å². The van der Waals surface area contributed by atoms with Crippen LogP contribution in [0.3, 0.4) is 0 Å². The highest BCUT2D eigenvalue weighted by atomic mass is 16.2. The van der Waals surface area contributed by atoms with Crippen LogP contribution in [0, 0.1) is 17.2 Å². The van der Waals surface area contributed by atoms with Crippen LogP contribution in [-0.4, -0.2) is 18.4 Å². The molecule has 0 spiro atoms. The molecule has 0 atom stereocenters. The van der Waals surface area contributed by atoms with Crippen LogP contribution >= 0.6 is 0 Å². The zero-order valence-corrected chi connectivity index (χ0v) is 15.4. The Bertz CT molecular complexity index is 940. The van der Waals surface area contributed by atoms with E-state index < -0.39 is 5.91 Å². The summed E-state index contributed by atoms with van der Waals surface area (Å²) in [5.41, 5.74) is 2.34. The molecule has 2 aromatic rings. The van der Waals surface area contributed by atoms with E-state index >= 15 is 0 Å². The van der Waals surface area contributed by atoms with Crippen LogP contribution < -0.4 is 10.2 Å². The molecule has 1 aliphatic rings. The Kier molecular flexibility index (Phi) is 5.37. The summed E-state index contributed by atoms with van der Waals surface area (Å²) in [5, 5.41) is 12.4. The maximum Gasteiger partial charge on any atom is 0.263 e. The number of fused-ring (bicyclic) bond motifs is 1. The lowest BCUT2D eigenvalue weighted by molar-refractivity contribution is -0.118. The van der Waals surface area contributed by atoms with E-state index in [0.717, 1.165) is 11.3 Å². The van der Waals surface area contributed by atoms with E-state index in [0.29, 0.717) is 18.7 Å². The first-order valence-corrected chi connectivity index (χ1v) is 8.90. The lowest BCUT2D eigenvalue weighted by Gasteiger charge is -2.19. The predicted octanol–water partition coefficient (Wildman–Crippen LogP) is 3.28. The van der Waals surface area contributed by atoms with Crippen molar-refractivity contribution in [1.82, 2.24) is 5.32 Å². The van der Waals surface area contributed by atoms with E-state index in [4.69, 9.17) is 0 Å². The van der Waals surface area contributed by atoms with Gasteiger partial charge in [0.2, 0.25) is 0 Å². The van der Waals surface area contributed by atoms with Crippen LogP contribution in [0.25, 0.3) is 5.57 Å². The second-order valence-electron chi connectivity index (χ2n) is 6.86. The van der Waals surface area contributed by atoms with E-state index in [2.05, 4.69) is 5.32 Å². The minimum atomic E-state index is -0.536. The van der Waals surface area contributed by atoms with Crippen molar-refractivity contribution in [3.63, 3.8) is 0 Å². The molecular formula is C22H21N3O2. The molecule has 0 saturated carbocycles. The molecule has 27 heavy (non-hydrogen) atoms. The fourth-order valence-electron chi connectivity index (χ4n) is 3.15. The SMILES string of the molecule is CC(C)CN1C(=O)C(=C(C#N)C(=O)NCc2ccccc2)c2ccccc21.